The lowest BCUT2D eigenvalue weighted by molar-refractivity contribution is 0.204. The van der Waals surface area contributed by atoms with E-state index < -0.39 is 6.09 Å². The highest BCUT2D eigenvalue weighted by atomic mass is 16.6. The number of hydrogen-bond acceptors (Lipinski definition) is 5. The van der Waals surface area contributed by atoms with Crippen molar-refractivity contribution in [2.24, 2.45) is 5.73 Å². The van der Waals surface area contributed by atoms with E-state index >= 15 is 0 Å². The smallest absolute Gasteiger partial charge is 0.411 e. The third-order valence-corrected chi connectivity index (χ3v) is 2.26. The summed E-state index contributed by atoms with van der Waals surface area (Å²) in [5, 5.41) is 0. The molecule has 1 aromatic heterocycles. The van der Waals surface area contributed by atoms with E-state index in [0.29, 0.717) is 12.3 Å². The first-order chi connectivity index (χ1) is 9.20. The van der Waals surface area contributed by atoms with Gasteiger partial charge in [0.2, 0.25) is 0 Å². The van der Waals surface area contributed by atoms with Crippen LogP contribution in [0.15, 0.2) is 36.5 Å². The van der Waals surface area contributed by atoms with Gasteiger partial charge < -0.3 is 15.2 Å². The third kappa shape index (κ3) is 3.19. The number of nitrogens with zero attached hydrogens (tertiary/aromatic N) is 2. The van der Waals surface area contributed by atoms with Crippen molar-refractivity contribution >= 4 is 6.09 Å². The van der Waals surface area contributed by atoms with Crippen LogP contribution in [-0.4, -0.2) is 22.7 Å². The summed E-state index contributed by atoms with van der Waals surface area (Å²) in [6.07, 6.45) is 0.540. The molecule has 2 aromatic rings. The Bertz CT molecular complexity index is 573. The van der Waals surface area contributed by atoms with Gasteiger partial charge in [0, 0.05) is 5.56 Å². The van der Waals surface area contributed by atoms with Crippen LogP contribution < -0.4 is 15.2 Å². The summed E-state index contributed by atoms with van der Waals surface area (Å²) in [6.45, 7) is 2.17. The van der Waals surface area contributed by atoms with Gasteiger partial charge in [-0.3, -0.25) is 0 Å². The molecule has 0 spiro atoms. The van der Waals surface area contributed by atoms with E-state index in [-0.39, 0.29) is 11.8 Å². The molecule has 19 heavy (non-hydrogen) atoms. The summed E-state index contributed by atoms with van der Waals surface area (Å²) >= 11 is 0. The van der Waals surface area contributed by atoms with Crippen molar-refractivity contribution in [3.8, 4) is 23.0 Å². The number of carbonyl (C=O) groups is 1. The first kappa shape index (κ1) is 12.8. The zero-order valence-electron chi connectivity index (χ0n) is 10.4. The average molecular weight is 259 g/mol. The second kappa shape index (κ2) is 5.81. The summed E-state index contributed by atoms with van der Waals surface area (Å²) in [6, 6.07) is 9.49. The maximum atomic E-state index is 10.8. The molecule has 1 heterocycles. The van der Waals surface area contributed by atoms with E-state index in [1.165, 1.54) is 6.20 Å². The van der Waals surface area contributed by atoms with Gasteiger partial charge in [0.1, 0.15) is 0 Å². The van der Waals surface area contributed by atoms with Gasteiger partial charge >= 0.3 is 6.09 Å². The predicted molar refractivity (Wildman–Crippen MR) is 68.8 cm³/mol. The van der Waals surface area contributed by atoms with Crippen LogP contribution in [0.1, 0.15) is 6.92 Å². The molecule has 2 N–H and O–H groups in total. The maximum absolute atomic E-state index is 10.8. The fourth-order valence-electron chi connectivity index (χ4n) is 1.51. The summed E-state index contributed by atoms with van der Waals surface area (Å²) in [4.78, 5) is 19.0. The van der Waals surface area contributed by atoms with Crippen molar-refractivity contribution < 1.29 is 14.3 Å². The molecule has 1 amide bonds. The molecule has 0 fully saturated rings. The number of aromatic nitrogens is 2. The molecule has 0 saturated heterocycles. The Hall–Kier alpha value is -2.63. The molecule has 6 heteroatoms. The Morgan fingerprint density at radius 2 is 2.00 bits per heavy atom. The van der Waals surface area contributed by atoms with Crippen LogP contribution in [0.5, 0.6) is 11.8 Å². The number of carbonyl (C=O) groups excluding carboxylic acids is 1. The molecule has 0 aliphatic heterocycles. The summed E-state index contributed by atoms with van der Waals surface area (Å²) in [7, 11) is 0. The summed E-state index contributed by atoms with van der Waals surface area (Å²) in [5.74, 6) is 0.108. The monoisotopic (exact) mass is 259 g/mol. The molecular formula is C13H13N3O3. The van der Waals surface area contributed by atoms with Crippen LogP contribution in [0.2, 0.25) is 0 Å². The Labute approximate surface area is 110 Å². The first-order valence-corrected chi connectivity index (χ1v) is 5.73. The second-order valence-corrected chi connectivity index (χ2v) is 3.59. The normalized spacial score (nSPS) is 9.95. The van der Waals surface area contributed by atoms with Crippen LogP contribution in [0, 0.1) is 0 Å². The minimum absolute atomic E-state index is 0.0333. The quantitative estimate of drug-likeness (QED) is 0.907. The highest BCUT2D eigenvalue weighted by Gasteiger charge is 2.13. The molecule has 0 aliphatic rings. The van der Waals surface area contributed by atoms with E-state index in [2.05, 4.69) is 9.97 Å². The fourth-order valence-corrected chi connectivity index (χ4v) is 1.51. The Balaban J connectivity index is 2.38. The fraction of sp³-hybridized carbons (Fsp3) is 0.154. The van der Waals surface area contributed by atoms with Crippen molar-refractivity contribution in [3.05, 3.63) is 36.5 Å². The SMILES string of the molecule is CCOc1nc(-c2ccccc2)cnc1OC(N)=O. The predicted octanol–water partition coefficient (Wildman–Crippen LogP) is 2.00. The van der Waals surface area contributed by atoms with E-state index in [0.717, 1.165) is 5.56 Å². The number of hydrogen-bond donors (Lipinski definition) is 1. The third-order valence-electron chi connectivity index (χ3n) is 2.26. The van der Waals surface area contributed by atoms with E-state index in [9.17, 15) is 4.79 Å². The van der Waals surface area contributed by atoms with Crippen molar-refractivity contribution in [1.29, 1.82) is 0 Å². The van der Waals surface area contributed by atoms with Crippen LogP contribution in [-0.2, 0) is 0 Å². The highest BCUT2D eigenvalue weighted by Crippen LogP contribution is 2.26. The number of primary amides is 1. The zero-order valence-corrected chi connectivity index (χ0v) is 10.4. The largest absolute Gasteiger partial charge is 0.474 e. The van der Waals surface area contributed by atoms with Gasteiger partial charge in [-0.05, 0) is 6.92 Å². The molecule has 0 atom stereocenters. The van der Waals surface area contributed by atoms with Gasteiger partial charge in [-0.2, -0.15) is 0 Å². The topological polar surface area (TPSA) is 87.3 Å². The number of nitrogens with two attached hydrogens (primary N) is 1. The molecule has 0 radical (unpaired) electrons. The maximum Gasteiger partial charge on any atom is 0.411 e. The van der Waals surface area contributed by atoms with Crippen molar-refractivity contribution in [3.63, 3.8) is 0 Å². The van der Waals surface area contributed by atoms with Gasteiger partial charge in [-0.25, -0.2) is 14.8 Å². The molecule has 0 unspecified atom stereocenters. The molecule has 0 aliphatic carbocycles. The van der Waals surface area contributed by atoms with Crippen LogP contribution in [0.3, 0.4) is 0 Å². The average Bonchev–Trinajstić information content (AvgIpc) is 2.41. The molecule has 0 bridgehead atoms. The summed E-state index contributed by atoms with van der Waals surface area (Å²) in [5.41, 5.74) is 6.47. The van der Waals surface area contributed by atoms with Crippen LogP contribution in [0.25, 0.3) is 11.3 Å². The van der Waals surface area contributed by atoms with Gasteiger partial charge in [0.15, 0.2) is 0 Å². The Morgan fingerprint density at radius 3 is 2.63 bits per heavy atom. The minimum Gasteiger partial charge on any atom is -0.474 e. The van der Waals surface area contributed by atoms with Crippen molar-refractivity contribution in [2.75, 3.05) is 6.61 Å². The van der Waals surface area contributed by atoms with Gasteiger partial charge in [0.05, 0.1) is 18.5 Å². The molecule has 6 nitrogen and oxygen atoms in total. The van der Waals surface area contributed by atoms with E-state index in [1.807, 2.05) is 30.3 Å². The van der Waals surface area contributed by atoms with E-state index in [4.69, 9.17) is 15.2 Å². The number of amides is 1. The molecule has 98 valence electrons. The van der Waals surface area contributed by atoms with Crippen LogP contribution >= 0.6 is 0 Å². The minimum atomic E-state index is -0.956. The lowest BCUT2D eigenvalue weighted by Gasteiger charge is -2.08. The van der Waals surface area contributed by atoms with Gasteiger partial charge in [-0.15, -0.1) is 0 Å². The Kier molecular flexibility index (Phi) is 3.92. The standard InChI is InChI=1S/C13H13N3O3/c1-2-18-12-11(19-13(14)17)15-8-10(16-12)9-6-4-3-5-7-9/h3-8H,2H2,1H3,(H2,14,17). The van der Waals surface area contributed by atoms with Crippen molar-refractivity contribution in [1.82, 2.24) is 9.97 Å². The van der Waals surface area contributed by atoms with Crippen LogP contribution in [0.4, 0.5) is 4.79 Å². The number of ether oxygens (including phenoxy) is 2. The lowest BCUT2D eigenvalue weighted by atomic mass is 10.2. The number of rotatable bonds is 4. The summed E-state index contributed by atoms with van der Waals surface area (Å²) < 4.78 is 10.0. The molecule has 1 aromatic carbocycles. The van der Waals surface area contributed by atoms with Gasteiger partial charge in [-0.1, -0.05) is 30.3 Å². The second-order valence-electron chi connectivity index (χ2n) is 3.59. The van der Waals surface area contributed by atoms with E-state index in [1.54, 1.807) is 6.92 Å². The highest BCUT2D eigenvalue weighted by molar-refractivity contribution is 5.68. The number of benzene rings is 1. The Morgan fingerprint density at radius 1 is 1.26 bits per heavy atom. The van der Waals surface area contributed by atoms with Gasteiger partial charge in [0.25, 0.3) is 11.8 Å². The molecule has 2 rings (SSSR count). The molecule has 0 saturated carbocycles. The van der Waals surface area contributed by atoms with Crippen molar-refractivity contribution in [2.45, 2.75) is 6.92 Å². The zero-order chi connectivity index (χ0) is 13.7. The first-order valence-electron chi connectivity index (χ1n) is 5.73. The lowest BCUT2D eigenvalue weighted by Crippen LogP contribution is -2.18. The molecular weight excluding hydrogens is 246 g/mol.